The van der Waals surface area contributed by atoms with E-state index in [1.165, 1.54) is 0 Å². The smallest absolute Gasteiger partial charge is 0.300 e. The molecule has 4 rings (SSSR count). The third-order valence-electron chi connectivity index (χ3n) is 4.97. The molecule has 0 radical (unpaired) electrons. The van der Waals surface area contributed by atoms with Gasteiger partial charge in [0.15, 0.2) is 0 Å². The van der Waals surface area contributed by atoms with Crippen molar-refractivity contribution in [3.05, 3.63) is 53.8 Å². The van der Waals surface area contributed by atoms with Gasteiger partial charge in [0.05, 0.1) is 0 Å². The Bertz CT molecular complexity index is 859. The van der Waals surface area contributed by atoms with Gasteiger partial charge in [-0.05, 0) is 49.3 Å². The standard InChI is InChI=1S/C20H22N2O2.C2H4O2/c1-22(2)15-9-10-19-17(12-15)16-11-14(7-4-8-18(16)24-19)21-20(23)13-5-3-6-13;1-2(3)4/h4,7-13,18H,3,5-6H2,1-2H3,(H,21,23);1H3,(H,3,4). The summed E-state index contributed by atoms with van der Waals surface area (Å²) < 4.78 is 6.04. The molecule has 1 atom stereocenters. The maximum Gasteiger partial charge on any atom is 0.300 e. The third kappa shape index (κ3) is 4.44. The van der Waals surface area contributed by atoms with Gasteiger partial charge in [-0.3, -0.25) is 9.59 Å². The molecule has 1 fully saturated rings. The van der Waals surface area contributed by atoms with Gasteiger partial charge in [-0.1, -0.05) is 12.5 Å². The zero-order valence-corrected chi connectivity index (χ0v) is 16.4. The Labute approximate surface area is 165 Å². The maximum absolute atomic E-state index is 12.2. The van der Waals surface area contributed by atoms with Crippen LogP contribution in [0.1, 0.15) is 31.7 Å². The number of allylic oxidation sites excluding steroid dienone is 3. The molecule has 0 spiro atoms. The molecule has 2 aliphatic carbocycles. The summed E-state index contributed by atoms with van der Waals surface area (Å²) in [6.45, 7) is 1.08. The van der Waals surface area contributed by atoms with E-state index in [0.717, 1.165) is 54.5 Å². The van der Waals surface area contributed by atoms with Crippen LogP contribution in [-0.4, -0.2) is 37.2 Å². The van der Waals surface area contributed by atoms with Gasteiger partial charge in [-0.25, -0.2) is 0 Å². The van der Waals surface area contributed by atoms with Crippen LogP contribution in [0.5, 0.6) is 5.75 Å². The molecule has 1 aliphatic heterocycles. The molecule has 0 bridgehead atoms. The number of benzene rings is 1. The van der Waals surface area contributed by atoms with Crippen LogP contribution < -0.4 is 15.0 Å². The maximum atomic E-state index is 12.2. The fraction of sp³-hybridized carbons (Fsp3) is 0.364. The molecule has 28 heavy (non-hydrogen) atoms. The van der Waals surface area contributed by atoms with Gasteiger partial charge < -0.3 is 20.1 Å². The second-order valence-electron chi connectivity index (χ2n) is 7.36. The van der Waals surface area contributed by atoms with Crippen molar-refractivity contribution in [1.29, 1.82) is 0 Å². The molecule has 1 amide bonds. The quantitative estimate of drug-likeness (QED) is 0.838. The van der Waals surface area contributed by atoms with Crippen LogP contribution in [-0.2, 0) is 9.59 Å². The first-order valence-corrected chi connectivity index (χ1v) is 9.44. The Morgan fingerprint density at radius 2 is 1.96 bits per heavy atom. The van der Waals surface area contributed by atoms with Crippen molar-refractivity contribution in [2.24, 2.45) is 5.92 Å². The number of anilines is 1. The summed E-state index contributed by atoms with van der Waals surface area (Å²) in [5.41, 5.74) is 4.17. The van der Waals surface area contributed by atoms with Gasteiger partial charge in [0.25, 0.3) is 5.97 Å². The third-order valence-corrected chi connectivity index (χ3v) is 4.97. The van der Waals surface area contributed by atoms with E-state index in [0.29, 0.717) is 0 Å². The van der Waals surface area contributed by atoms with Crippen molar-refractivity contribution in [2.75, 3.05) is 19.0 Å². The van der Waals surface area contributed by atoms with Crippen molar-refractivity contribution >= 4 is 23.1 Å². The minimum Gasteiger partial charge on any atom is -0.481 e. The zero-order valence-electron chi connectivity index (χ0n) is 16.4. The first-order valence-electron chi connectivity index (χ1n) is 9.44. The lowest BCUT2D eigenvalue weighted by molar-refractivity contribution is -0.134. The van der Waals surface area contributed by atoms with E-state index in [-0.39, 0.29) is 17.9 Å². The number of nitrogens with one attached hydrogen (secondary N) is 1. The van der Waals surface area contributed by atoms with Crippen LogP contribution in [0.4, 0.5) is 5.69 Å². The van der Waals surface area contributed by atoms with E-state index in [2.05, 4.69) is 22.3 Å². The van der Waals surface area contributed by atoms with Crippen LogP contribution >= 0.6 is 0 Å². The number of carbonyl (C=O) groups is 2. The lowest BCUT2D eigenvalue weighted by Crippen LogP contribution is -2.33. The number of carboxylic acids is 1. The summed E-state index contributed by atoms with van der Waals surface area (Å²) >= 11 is 0. The number of nitrogens with zero attached hydrogens (tertiary/aromatic N) is 1. The van der Waals surface area contributed by atoms with Crippen molar-refractivity contribution < 1.29 is 19.4 Å². The number of hydrogen-bond donors (Lipinski definition) is 2. The highest BCUT2D eigenvalue weighted by Crippen LogP contribution is 2.41. The Morgan fingerprint density at radius 1 is 1.25 bits per heavy atom. The van der Waals surface area contributed by atoms with Gasteiger partial charge >= 0.3 is 0 Å². The first-order chi connectivity index (χ1) is 13.3. The van der Waals surface area contributed by atoms with Crippen LogP contribution in [0.2, 0.25) is 0 Å². The monoisotopic (exact) mass is 382 g/mol. The molecule has 1 aromatic rings. The fourth-order valence-corrected chi connectivity index (χ4v) is 3.25. The summed E-state index contributed by atoms with van der Waals surface area (Å²) in [6, 6.07) is 6.22. The van der Waals surface area contributed by atoms with Gasteiger partial charge in [0.2, 0.25) is 5.91 Å². The molecular weight excluding hydrogens is 356 g/mol. The van der Waals surface area contributed by atoms with E-state index in [9.17, 15) is 4.79 Å². The predicted octanol–water partition coefficient (Wildman–Crippen LogP) is 3.36. The molecule has 1 aromatic carbocycles. The highest BCUT2D eigenvalue weighted by Gasteiger charge is 2.29. The van der Waals surface area contributed by atoms with Crippen LogP contribution in [0.15, 0.2) is 48.2 Å². The van der Waals surface area contributed by atoms with E-state index in [1.807, 2.05) is 44.5 Å². The molecule has 1 unspecified atom stereocenters. The van der Waals surface area contributed by atoms with Crippen LogP contribution in [0.3, 0.4) is 0 Å². The average molecular weight is 382 g/mol. The summed E-state index contributed by atoms with van der Waals surface area (Å²) in [4.78, 5) is 23.3. The van der Waals surface area contributed by atoms with Crippen molar-refractivity contribution in [1.82, 2.24) is 5.32 Å². The lowest BCUT2D eigenvalue weighted by Gasteiger charge is -2.24. The van der Waals surface area contributed by atoms with Gasteiger partial charge in [-0.2, -0.15) is 0 Å². The number of hydrogen-bond acceptors (Lipinski definition) is 4. The Hall–Kier alpha value is -3.02. The molecule has 1 saturated carbocycles. The van der Waals surface area contributed by atoms with Crippen molar-refractivity contribution in [3.8, 4) is 5.75 Å². The molecular formula is C22H26N2O4. The Morgan fingerprint density at radius 3 is 2.57 bits per heavy atom. The van der Waals surface area contributed by atoms with E-state index < -0.39 is 5.97 Å². The normalized spacial score (nSPS) is 19.3. The van der Waals surface area contributed by atoms with Gasteiger partial charge in [0.1, 0.15) is 11.9 Å². The average Bonchev–Trinajstić information content (AvgIpc) is 2.77. The van der Waals surface area contributed by atoms with E-state index >= 15 is 0 Å². The first kappa shape index (κ1) is 19.7. The molecule has 0 aromatic heterocycles. The highest BCUT2D eigenvalue weighted by atomic mass is 16.5. The summed E-state index contributed by atoms with van der Waals surface area (Å²) in [5, 5.41) is 10.5. The molecule has 148 valence electrons. The Balaban J connectivity index is 0.000000516. The predicted molar refractivity (Wildman–Crippen MR) is 109 cm³/mol. The largest absolute Gasteiger partial charge is 0.481 e. The van der Waals surface area contributed by atoms with Crippen LogP contribution in [0.25, 0.3) is 5.57 Å². The number of fused-ring (bicyclic) bond motifs is 3. The molecule has 3 aliphatic rings. The zero-order chi connectivity index (χ0) is 20.3. The lowest BCUT2D eigenvalue weighted by atomic mass is 9.85. The van der Waals surface area contributed by atoms with Crippen molar-refractivity contribution in [2.45, 2.75) is 32.3 Å². The summed E-state index contributed by atoms with van der Waals surface area (Å²) in [6.07, 6.45) is 11.1. The second-order valence-corrected chi connectivity index (χ2v) is 7.36. The number of carbonyl (C=O) groups excluding carboxylic acids is 1. The molecule has 0 saturated heterocycles. The molecule has 2 N–H and O–H groups in total. The molecule has 1 heterocycles. The van der Waals surface area contributed by atoms with Crippen LogP contribution in [0, 0.1) is 5.92 Å². The van der Waals surface area contributed by atoms with E-state index in [4.69, 9.17) is 14.6 Å². The van der Waals surface area contributed by atoms with E-state index in [1.54, 1.807) is 0 Å². The fourth-order valence-electron chi connectivity index (χ4n) is 3.25. The Kier molecular flexibility index (Phi) is 5.87. The second kappa shape index (κ2) is 8.33. The van der Waals surface area contributed by atoms with Gasteiger partial charge in [-0.15, -0.1) is 0 Å². The minimum atomic E-state index is -0.833. The number of aliphatic carboxylic acids is 1. The number of amides is 1. The topological polar surface area (TPSA) is 78.9 Å². The SMILES string of the molecule is CC(=O)O.CN(C)c1ccc2c(c1)C1=CC(NC(=O)C3CCC3)=CC=CC1O2. The number of ether oxygens (including phenoxy) is 1. The number of carboxylic acid groups (broad SMARTS) is 1. The minimum absolute atomic E-state index is 0.0910. The van der Waals surface area contributed by atoms with Gasteiger partial charge in [0, 0.05) is 49.5 Å². The summed E-state index contributed by atoms with van der Waals surface area (Å²) in [5.74, 6) is 0.380. The summed E-state index contributed by atoms with van der Waals surface area (Å²) in [7, 11) is 4.06. The van der Waals surface area contributed by atoms with Crippen molar-refractivity contribution in [3.63, 3.8) is 0 Å². The molecule has 6 heteroatoms. The number of rotatable bonds is 3. The highest BCUT2D eigenvalue weighted by molar-refractivity contribution is 5.86. The molecule has 6 nitrogen and oxygen atoms in total.